The summed E-state index contributed by atoms with van der Waals surface area (Å²) in [6.07, 6.45) is 2.05. The van der Waals surface area contributed by atoms with Gasteiger partial charge in [-0.2, -0.15) is 0 Å². The first-order chi connectivity index (χ1) is 7.75. The van der Waals surface area contributed by atoms with Crippen LogP contribution in [0.3, 0.4) is 0 Å². The van der Waals surface area contributed by atoms with Gasteiger partial charge in [0.25, 0.3) is 0 Å². The minimum Gasteiger partial charge on any atom is -0.477 e. The van der Waals surface area contributed by atoms with E-state index in [9.17, 15) is 4.79 Å². The fourth-order valence-electron chi connectivity index (χ4n) is 1.70. The van der Waals surface area contributed by atoms with E-state index in [2.05, 4.69) is 10.3 Å². The van der Waals surface area contributed by atoms with Gasteiger partial charge < -0.3 is 15.2 Å². The molecule has 2 rings (SSSR count). The molecular weight excluding hydrogens is 208 g/mol. The molecule has 0 bridgehead atoms. The minimum atomic E-state index is -1.01. The Morgan fingerprint density at radius 1 is 1.56 bits per heavy atom. The van der Waals surface area contributed by atoms with Crippen molar-refractivity contribution in [2.45, 2.75) is 18.9 Å². The number of aromatic carboxylic acids is 1. The Labute approximate surface area is 93.5 Å². The Bertz CT molecular complexity index is 375. The van der Waals surface area contributed by atoms with Gasteiger partial charge in [-0.3, -0.25) is 0 Å². The maximum absolute atomic E-state index is 10.7. The molecule has 0 unspecified atom stereocenters. The quantitative estimate of drug-likeness (QED) is 0.808. The Morgan fingerprint density at radius 3 is 3.12 bits per heavy atom. The molecule has 1 saturated heterocycles. The summed E-state index contributed by atoms with van der Waals surface area (Å²) in [5.41, 5.74) is 0.0572. The molecule has 1 aliphatic heterocycles. The zero-order valence-electron chi connectivity index (χ0n) is 8.85. The lowest BCUT2D eigenvalue weighted by Crippen LogP contribution is -2.30. The highest BCUT2D eigenvalue weighted by Crippen LogP contribution is 2.12. The van der Waals surface area contributed by atoms with E-state index in [1.54, 1.807) is 12.1 Å². The number of nitrogens with one attached hydrogen (secondary N) is 1. The van der Waals surface area contributed by atoms with Crippen molar-refractivity contribution in [1.82, 2.24) is 4.98 Å². The van der Waals surface area contributed by atoms with Crippen molar-refractivity contribution in [1.29, 1.82) is 0 Å². The van der Waals surface area contributed by atoms with E-state index >= 15 is 0 Å². The highest BCUT2D eigenvalue weighted by atomic mass is 16.5. The fourth-order valence-corrected chi connectivity index (χ4v) is 1.70. The lowest BCUT2D eigenvalue weighted by Gasteiger charge is -2.23. The van der Waals surface area contributed by atoms with E-state index in [0.29, 0.717) is 12.4 Å². The number of hydrogen-bond acceptors (Lipinski definition) is 4. The summed E-state index contributed by atoms with van der Waals surface area (Å²) in [6, 6.07) is 5.15. The topological polar surface area (TPSA) is 71.5 Å². The van der Waals surface area contributed by atoms with E-state index in [-0.39, 0.29) is 11.7 Å². The average molecular weight is 222 g/mol. The van der Waals surface area contributed by atoms with Crippen molar-refractivity contribution < 1.29 is 14.6 Å². The molecule has 1 atom stereocenters. The maximum atomic E-state index is 10.7. The highest BCUT2D eigenvalue weighted by Gasteiger charge is 2.14. The Balaban J connectivity index is 2.02. The second-order valence-electron chi connectivity index (χ2n) is 3.77. The van der Waals surface area contributed by atoms with Crippen molar-refractivity contribution in [2.24, 2.45) is 0 Å². The molecule has 1 fully saturated rings. The van der Waals surface area contributed by atoms with Crippen molar-refractivity contribution >= 4 is 11.8 Å². The number of aromatic nitrogens is 1. The van der Waals surface area contributed by atoms with Gasteiger partial charge in [-0.15, -0.1) is 0 Å². The molecule has 1 aliphatic rings. The number of carboxylic acid groups (broad SMARTS) is 1. The molecule has 1 aromatic rings. The number of ether oxygens (including phenoxy) is 1. The summed E-state index contributed by atoms with van der Waals surface area (Å²) < 4.78 is 5.33. The van der Waals surface area contributed by atoms with E-state index in [4.69, 9.17) is 9.84 Å². The molecule has 0 saturated carbocycles. The molecule has 0 aliphatic carbocycles. The first-order valence-electron chi connectivity index (χ1n) is 5.30. The van der Waals surface area contributed by atoms with Gasteiger partial charge in [-0.05, 0) is 25.0 Å². The van der Waals surface area contributed by atoms with Crippen molar-refractivity contribution in [3.8, 4) is 0 Å². The van der Waals surface area contributed by atoms with E-state index in [1.165, 1.54) is 6.07 Å². The van der Waals surface area contributed by atoms with Gasteiger partial charge in [0.1, 0.15) is 5.82 Å². The second-order valence-corrected chi connectivity index (χ2v) is 3.77. The number of nitrogens with zero attached hydrogens (tertiary/aromatic N) is 1. The van der Waals surface area contributed by atoms with Gasteiger partial charge in [0.2, 0.25) is 0 Å². The zero-order chi connectivity index (χ0) is 11.4. The summed E-state index contributed by atoms with van der Waals surface area (Å²) in [6.45, 7) is 1.46. The van der Waals surface area contributed by atoms with Crippen LogP contribution in [0, 0.1) is 0 Å². The number of hydrogen-bond donors (Lipinski definition) is 2. The van der Waals surface area contributed by atoms with Crippen molar-refractivity contribution in [2.75, 3.05) is 18.5 Å². The lowest BCUT2D eigenvalue weighted by molar-refractivity contribution is 0.0690. The summed E-state index contributed by atoms with van der Waals surface area (Å²) in [5.74, 6) is -0.418. The van der Waals surface area contributed by atoms with Gasteiger partial charge in [-0.25, -0.2) is 9.78 Å². The summed E-state index contributed by atoms with van der Waals surface area (Å²) in [5, 5.41) is 12.0. The number of anilines is 1. The van der Waals surface area contributed by atoms with E-state index in [0.717, 1.165) is 19.4 Å². The van der Waals surface area contributed by atoms with Crippen LogP contribution in [0.15, 0.2) is 18.2 Å². The average Bonchev–Trinajstić information content (AvgIpc) is 2.30. The van der Waals surface area contributed by atoms with Gasteiger partial charge >= 0.3 is 5.97 Å². The molecule has 1 aromatic heterocycles. The van der Waals surface area contributed by atoms with Crippen LogP contribution in [-0.2, 0) is 4.74 Å². The number of rotatable bonds is 3. The molecule has 0 amide bonds. The van der Waals surface area contributed by atoms with Crippen LogP contribution in [-0.4, -0.2) is 35.3 Å². The lowest BCUT2D eigenvalue weighted by atomic mass is 10.1. The Morgan fingerprint density at radius 2 is 2.44 bits per heavy atom. The van der Waals surface area contributed by atoms with Gasteiger partial charge in [0, 0.05) is 6.61 Å². The Kier molecular flexibility index (Phi) is 3.36. The van der Waals surface area contributed by atoms with E-state index in [1.807, 2.05) is 0 Å². The first-order valence-corrected chi connectivity index (χ1v) is 5.30. The third-order valence-corrected chi connectivity index (χ3v) is 2.48. The predicted molar refractivity (Wildman–Crippen MR) is 58.7 cm³/mol. The summed E-state index contributed by atoms with van der Waals surface area (Å²) in [4.78, 5) is 14.7. The predicted octanol–water partition coefficient (Wildman–Crippen LogP) is 1.37. The molecule has 16 heavy (non-hydrogen) atoms. The molecule has 2 heterocycles. The van der Waals surface area contributed by atoms with Gasteiger partial charge in [0.05, 0.1) is 12.6 Å². The normalized spacial score (nSPS) is 20.4. The van der Waals surface area contributed by atoms with E-state index < -0.39 is 5.97 Å². The molecule has 0 spiro atoms. The van der Waals surface area contributed by atoms with Crippen LogP contribution < -0.4 is 5.32 Å². The van der Waals surface area contributed by atoms with Crippen molar-refractivity contribution in [3.05, 3.63) is 23.9 Å². The number of carbonyl (C=O) groups is 1. The SMILES string of the molecule is O=C(O)c1cccc(N[C@H]2CCCOC2)n1. The molecule has 5 heteroatoms. The molecule has 0 aromatic carbocycles. The molecule has 2 N–H and O–H groups in total. The standard InChI is InChI=1S/C11H14N2O3/c14-11(15)9-4-1-5-10(13-9)12-8-3-2-6-16-7-8/h1,4-5,8H,2-3,6-7H2,(H,12,13)(H,14,15)/t8-/m0/s1. The summed E-state index contributed by atoms with van der Waals surface area (Å²) in [7, 11) is 0. The Hall–Kier alpha value is -1.62. The monoisotopic (exact) mass is 222 g/mol. The van der Waals surface area contributed by atoms with Crippen LogP contribution in [0.2, 0.25) is 0 Å². The zero-order valence-corrected chi connectivity index (χ0v) is 8.85. The molecule has 5 nitrogen and oxygen atoms in total. The third kappa shape index (κ3) is 2.70. The van der Waals surface area contributed by atoms with Crippen LogP contribution in [0.5, 0.6) is 0 Å². The number of pyridine rings is 1. The molecule has 86 valence electrons. The van der Waals surface area contributed by atoms with Crippen LogP contribution in [0.4, 0.5) is 5.82 Å². The maximum Gasteiger partial charge on any atom is 0.354 e. The third-order valence-electron chi connectivity index (χ3n) is 2.48. The van der Waals surface area contributed by atoms with Gasteiger partial charge in [0.15, 0.2) is 5.69 Å². The van der Waals surface area contributed by atoms with Crippen LogP contribution in [0.25, 0.3) is 0 Å². The number of carboxylic acids is 1. The highest BCUT2D eigenvalue weighted by molar-refractivity contribution is 5.85. The fraction of sp³-hybridized carbons (Fsp3) is 0.455. The summed E-state index contributed by atoms with van der Waals surface area (Å²) >= 11 is 0. The minimum absolute atomic E-state index is 0.0572. The second kappa shape index (κ2) is 4.94. The van der Waals surface area contributed by atoms with Crippen molar-refractivity contribution in [3.63, 3.8) is 0 Å². The largest absolute Gasteiger partial charge is 0.477 e. The molecular formula is C11H14N2O3. The smallest absolute Gasteiger partial charge is 0.354 e. The van der Waals surface area contributed by atoms with Crippen LogP contribution in [0.1, 0.15) is 23.3 Å². The van der Waals surface area contributed by atoms with Crippen LogP contribution >= 0.6 is 0 Å². The first kappa shape index (κ1) is 10.9. The van der Waals surface area contributed by atoms with Gasteiger partial charge in [-0.1, -0.05) is 6.07 Å². The molecule has 0 radical (unpaired) electrons.